The van der Waals surface area contributed by atoms with E-state index in [1.807, 2.05) is 0 Å². The van der Waals surface area contributed by atoms with Gasteiger partial charge in [0.2, 0.25) is 0 Å². The van der Waals surface area contributed by atoms with E-state index in [-0.39, 0.29) is 28.3 Å². The zero-order valence-electron chi connectivity index (χ0n) is 17.2. The molecule has 0 saturated carbocycles. The van der Waals surface area contributed by atoms with E-state index in [0.29, 0.717) is 16.3 Å². The molecule has 3 rings (SSSR count). The van der Waals surface area contributed by atoms with Gasteiger partial charge in [-0.1, -0.05) is 49.7 Å². The highest BCUT2D eigenvalue weighted by atomic mass is 35.5. The van der Waals surface area contributed by atoms with Crippen molar-refractivity contribution in [3.05, 3.63) is 77.0 Å². The fourth-order valence-electron chi connectivity index (χ4n) is 2.80. The second kappa shape index (κ2) is 8.99. The normalized spacial score (nSPS) is 12.6. The number of sulfonamides is 1. The Kier molecular flexibility index (Phi) is 6.56. The second-order valence-corrected chi connectivity index (χ2v) is 9.95. The maximum atomic E-state index is 12.8. The molecule has 0 radical (unpaired) electrons. The summed E-state index contributed by atoms with van der Waals surface area (Å²) < 4.78 is 28.1. The number of aromatic nitrogens is 3. The first-order valence-electron chi connectivity index (χ1n) is 9.35. The molecular formula is C21H22ClN5O3S. The van der Waals surface area contributed by atoms with Crippen LogP contribution in [-0.4, -0.2) is 34.3 Å². The summed E-state index contributed by atoms with van der Waals surface area (Å²) in [6.07, 6.45) is 4.39. The Morgan fingerprint density at radius 3 is 2.32 bits per heavy atom. The Morgan fingerprint density at radius 2 is 1.74 bits per heavy atom. The quantitative estimate of drug-likeness (QED) is 0.326. The fraction of sp³-hybridized carbons (Fsp3) is 0.238. The van der Waals surface area contributed by atoms with Gasteiger partial charge in [0.25, 0.3) is 10.0 Å². The molecule has 2 heterocycles. The van der Waals surface area contributed by atoms with Crippen LogP contribution in [0.5, 0.6) is 0 Å². The van der Waals surface area contributed by atoms with Crippen molar-refractivity contribution >= 4 is 33.2 Å². The van der Waals surface area contributed by atoms with Gasteiger partial charge in [-0.05, 0) is 35.2 Å². The van der Waals surface area contributed by atoms with E-state index >= 15 is 0 Å². The predicted molar refractivity (Wildman–Crippen MR) is 119 cm³/mol. The van der Waals surface area contributed by atoms with Crippen molar-refractivity contribution in [3.63, 3.8) is 0 Å². The first-order valence-corrected chi connectivity index (χ1v) is 11.2. The largest absolute Gasteiger partial charge is 0.411 e. The lowest BCUT2D eigenvalue weighted by Crippen LogP contribution is -2.16. The van der Waals surface area contributed by atoms with E-state index in [2.05, 4.69) is 45.6 Å². The third-order valence-corrected chi connectivity index (χ3v) is 6.25. The second-order valence-electron chi connectivity index (χ2n) is 7.86. The van der Waals surface area contributed by atoms with Crippen LogP contribution in [0.3, 0.4) is 0 Å². The maximum absolute atomic E-state index is 12.8. The van der Waals surface area contributed by atoms with Crippen LogP contribution >= 0.6 is 11.6 Å². The topological polar surface area (TPSA) is 117 Å². The van der Waals surface area contributed by atoms with E-state index in [4.69, 9.17) is 11.6 Å². The maximum Gasteiger partial charge on any atom is 0.263 e. The summed E-state index contributed by atoms with van der Waals surface area (Å²) in [5.74, 6) is 0.0981. The monoisotopic (exact) mass is 459 g/mol. The number of pyridine rings is 1. The Morgan fingerprint density at radius 1 is 1.10 bits per heavy atom. The van der Waals surface area contributed by atoms with Gasteiger partial charge in [0.05, 0.1) is 21.3 Å². The summed E-state index contributed by atoms with van der Waals surface area (Å²) in [5, 5.41) is 12.9. The van der Waals surface area contributed by atoms with Gasteiger partial charge in [-0.25, -0.2) is 23.4 Å². The molecule has 8 nitrogen and oxygen atoms in total. The van der Waals surface area contributed by atoms with Gasteiger partial charge in [0, 0.05) is 24.4 Å². The minimum absolute atomic E-state index is 0.0541. The Balaban J connectivity index is 1.84. The van der Waals surface area contributed by atoms with Crippen molar-refractivity contribution < 1.29 is 13.6 Å². The van der Waals surface area contributed by atoms with E-state index < -0.39 is 10.0 Å². The highest BCUT2D eigenvalue weighted by Gasteiger charge is 2.19. The van der Waals surface area contributed by atoms with Crippen LogP contribution in [0.1, 0.15) is 37.6 Å². The third kappa shape index (κ3) is 5.56. The molecule has 0 amide bonds. The number of rotatable bonds is 6. The van der Waals surface area contributed by atoms with Crippen molar-refractivity contribution in [1.29, 1.82) is 0 Å². The van der Waals surface area contributed by atoms with Crippen molar-refractivity contribution in [3.8, 4) is 0 Å². The number of oxime groups is 1. The summed E-state index contributed by atoms with van der Waals surface area (Å²) in [6.45, 7) is 6.16. The molecule has 0 bridgehead atoms. The molecule has 2 aromatic heterocycles. The first kappa shape index (κ1) is 22.6. The van der Waals surface area contributed by atoms with Gasteiger partial charge in [-0.15, -0.1) is 0 Å². The number of anilines is 1. The van der Waals surface area contributed by atoms with Crippen LogP contribution in [0.2, 0.25) is 5.02 Å². The number of hydrogen-bond acceptors (Lipinski definition) is 7. The average Bonchev–Trinajstić information content (AvgIpc) is 2.74. The number of halogens is 1. The predicted octanol–water partition coefficient (Wildman–Crippen LogP) is 4.04. The number of hydrogen-bond donors (Lipinski definition) is 2. The van der Waals surface area contributed by atoms with Crippen LogP contribution in [0.4, 0.5) is 5.82 Å². The molecule has 0 fully saturated rings. The van der Waals surface area contributed by atoms with Crippen LogP contribution in [0.25, 0.3) is 0 Å². The fourth-order valence-corrected chi connectivity index (χ4v) is 3.97. The van der Waals surface area contributed by atoms with E-state index in [1.54, 1.807) is 24.3 Å². The molecule has 1 aromatic carbocycles. The zero-order chi connectivity index (χ0) is 22.6. The highest BCUT2D eigenvalue weighted by molar-refractivity contribution is 7.92. The molecule has 162 valence electrons. The summed E-state index contributed by atoms with van der Waals surface area (Å²) in [4.78, 5) is 12.2. The molecule has 31 heavy (non-hydrogen) atoms. The minimum Gasteiger partial charge on any atom is -0.411 e. The van der Waals surface area contributed by atoms with Gasteiger partial charge in [0.1, 0.15) is 12.1 Å². The molecule has 0 aliphatic carbocycles. The molecule has 0 aliphatic heterocycles. The van der Waals surface area contributed by atoms with Gasteiger partial charge >= 0.3 is 0 Å². The lowest BCUT2D eigenvalue weighted by atomic mass is 9.87. The van der Waals surface area contributed by atoms with Gasteiger partial charge in [-0.2, -0.15) is 0 Å². The Labute approximate surface area is 186 Å². The number of nitrogens with zero attached hydrogens (tertiary/aromatic N) is 4. The van der Waals surface area contributed by atoms with Crippen LogP contribution in [0, 0.1) is 0 Å². The lowest BCUT2D eigenvalue weighted by Gasteiger charge is -2.19. The average molecular weight is 460 g/mol. The van der Waals surface area contributed by atoms with Crippen molar-refractivity contribution in [2.45, 2.75) is 37.5 Å². The molecule has 0 saturated heterocycles. The summed E-state index contributed by atoms with van der Waals surface area (Å²) in [7, 11) is -3.85. The molecule has 3 aromatic rings. The first-order chi connectivity index (χ1) is 14.6. The standard InChI is InChI=1S/C21H22ClN5O3S/c1-21(2,3)15-4-6-16(7-5-15)31(29,30)27-20-9-8-17(22)19(25-20)10-18(26-28)14-11-23-13-24-12-14/h4-9,11-13,28H,10H2,1-3H3,(H,25,27)/b26-18-. The third-order valence-electron chi connectivity index (χ3n) is 4.54. The van der Waals surface area contributed by atoms with Crippen LogP contribution < -0.4 is 4.72 Å². The molecule has 0 unspecified atom stereocenters. The summed E-state index contributed by atoms with van der Waals surface area (Å²) in [6, 6.07) is 9.70. The smallest absolute Gasteiger partial charge is 0.263 e. The van der Waals surface area contributed by atoms with Crippen molar-refractivity contribution in [2.24, 2.45) is 5.16 Å². The van der Waals surface area contributed by atoms with E-state index in [0.717, 1.165) is 5.56 Å². The van der Waals surface area contributed by atoms with E-state index in [1.165, 1.54) is 30.9 Å². The zero-order valence-corrected chi connectivity index (χ0v) is 18.8. The van der Waals surface area contributed by atoms with Crippen molar-refractivity contribution in [1.82, 2.24) is 15.0 Å². The molecule has 2 N–H and O–H groups in total. The van der Waals surface area contributed by atoms with Crippen LogP contribution in [-0.2, 0) is 21.9 Å². The number of nitrogens with one attached hydrogen (secondary N) is 1. The van der Waals surface area contributed by atoms with E-state index in [9.17, 15) is 13.6 Å². The summed E-state index contributed by atoms with van der Waals surface area (Å²) >= 11 is 6.23. The minimum atomic E-state index is -3.85. The van der Waals surface area contributed by atoms with Gasteiger partial charge in [0.15, 0.2) is 0 Å². The van der Waals surface area contributed by atoms with Crippen LogP contribution in [0.15, 0.2) is 65.2 Å². The molecular weight excluding hydrogens is 438 g/mol. The molecule has 0 aliphatic rings. The highest BCUT2D eigenvalue weighted by Crippen LogP contribution is 2.25. The van der Waals surface area contributed by atoms with Crippen molar-refractivity contribution in [2.75, 3.05) is 4.72 Å². The molecule has 0 spiro atoms. The van der Waals surface area contributed by atoms with Gasteiger partial charge in [-0.3, -0.25) is 4.72 Å². The lowest BCUT2D eigenvalue weighted by molar-refractivity contribution is 0.318. The molecule has 0 atom stereocenters. The Hall–Kier alpha value is -3.04. The van der Waals surface area contributed by atoms with Gasteiger partial charge < -0.3 is 5.21 Å². The Bertz CT molecular complexity index is 1190. The number of benzene rings is 1. The SMILES string of the molecule is CC(C)(C)c1ccc(S(=O)(=O)Nc2ccc(Cl)c(C/C(=N/O)c3cncnc3)n2)cc1. The summed E-state index contributed by atoms with van der Waals surface area (Å²) in [5.41, 5.74) is 2.01. The molecule has 10 heteroatoms.